The van der Waals surface area contributed by atoms with Crippen LogP contribution < -0.4 is 20.1 Å². The number of hydrogen-bond donors (Lipinski definition) is 2. The molecule has 1 aliphatic carbocycles. The number of benzene rings is 2. The number of hydrogen-bond acceptors (Lipinski definition) is 10. The molecule has 0 fully saturated rings. The summed E-state index contributed by atoms with van der Waals surface area (Å²) >= 11 is 2.67. The van der Waals surface area contributed by atoms with Gasteiger partial charge in [0, 0.05) is 16.5 Å². The second-order valence-electron chi connectivity index (χ2n) is 9.87. The summed E-state index contributed by atoms with van der Waals surface area (Å²) in [4.78, 5) is 39.9. The zero-order chi connectivity index (χ0) is 31.1. The van der Waals surface area contributed by atoms with E-state index in [0.29, 0.717) is 45.2 Å². The van der Waals surface area contributed by atoms with Gasteiger partial charge in [-0.25, -0.2) is 4.79 Å². The van der Waals surface area contributed by atoms with E-state index in [-0.39, 0.29) is 30.7 Å². The highest BCUT2D eigenvalue weighted by Crippen LogP contribution is 2.39. The van der Waals surface area contributed by atoms with Gasteiger partial charge < -0.3 is 29.4 Å². The first-order valence-electron chi connectivity index (χ1n) is 14.1. The number of amides is 2. The third-order valence-corrected chi connectivity index (χ3v) is 9.16. The number of aryl methyl sites for hydroxylation is 1. The smallest absolute Gasteiger partial charge is 0.341 e. The number of thiophene rings is 1. The highest BCUT2D eigenvalue weighted by Gasteiger charge is 2.28. The van der Waals surface area contributed by atoms with Crippen molar-refractivity contribution < 1.29 is 28.6 Å². The summed E-state index contributed by atoms with van der Waals surface area (Å²) in [5, 5.41) is 15.6. The predicted octanol–water partition coefficient (Wildman–Crippen LogP) is 4.73. The van der Waals surface area contributed by atoms with E-state index in [1.54, 1.807) is 25.1 Å². The van der Waals surface area contributed by atoms with Gasteiger partial charge in [-0.05, 0) is 49.4 Å². The van der Waals surface area contributed by atoms with Gasteiger partial charge in [-0.15, -0.1) is 21.5 Å². The number of nitrogens with zero attached hydrogens (tertiary/aromatic N) is 3. The summed E-state index contributed by atoms with van der Waals surface area (Å²) in [5.74, 6) is 0.575. The van der Waals surface area contributed by atoms with Gasteiger partial charge in [0.1, 0.15) is 16.5 Å². The van der Waals surface area contributed by atoms with E-state index in [2.05, 4.69) is 20.8 Å². The topological polar surface area (TPSA) is 134 Å². The van der Waals surface area contributed by atoms with Crippen LogP contribution in [0.5, 0.6) is 11.5 Å². The van der Waals surface area contributed by atoms with E-state index in [4.69, 9.17) is 14.2 Å². The first-order valence-corrected chi connectivity index (χ1v) is 15.9. The molecule has 0 atom stereocenters. The summed E-state index contributed by atoms with van der Waals surface area (Å²) in [6.07, 6.45) is 2.69. The molecule has 2 amide bonds. The Balaban J connectivity index is 1.30. The number of carbonyl (C=O) groups excluding carboxylic acids is 3. The molecule has 2 aromatic carbocycles. The minimum Gasteiger partial charge on any atom is -0.497 e. The summed E-state index contributed by atoms with van der Waals surface area (Å²) in [5.41, 5.74) is 2.85. The molecule has 1 aliphatic rings. The van der Waals surface area contributed by atoms with Crippen molar-refractivity contribution in [1.29, 1.82) is 0 Å². The van der Waals surface area contributed by atoms with Crippen molar-refractivity contribution in [2.24, 2.45) is 0 Å². The number of fused-ring (bicyclic) bond motifs is 1. The molecule has 0 radical (unpaired) electrons. The van der Waals surface area contributed by atoms with Crippen molar-refractivity contribution in [2.75, 3.05) is 31.9 Å². The molecule has 4 aromatic rings. The minimum atomic E-state index is -0.406. The van der Waals surface area contributed by atoms with Gasteiger partial charge in [-0.3, -0.25) is 9.59 Å². The van der Waals surface area contributed by atoms with Crippen LogP contribution in [0.3, 0.4) is 0 Å². The van der Waals surface area contributed by atoms with E-state index < -0.39 is 5.97 Å². The third kappa shape index (κ3) is 7.22. The van der Waals surface area contributed by atoms with Gasteiger partial charge >= 0.3 is 5.97 Å². The molecular formula is C31H33N5O6S2. The Bertz CT molecular complexity index is 1630. The van der Waals surface area contributed by atoms with E-state index in [1.165, 1.54) is 37.3 Å². The Kier molecular flexibility index (Phi) is 10.2. The van der Waals surface area contributed by atoms with Gasteiger partial charge in [0.2, 0.25) is 5.91 Å². The average molecular weight is 636 g/mol. The molecule has 13 heteroatoms. The normalized spacial score (nSPS) is 12.0. The van der Waals surface area contributed by atoms with Gasteiger partial charge in [-0.2, -0.15) is 0 Å². The fraction of sp³-hybridized carbons (Fsp3) is 0.323. The maximum Gasteiger partial charge on any atom is 0.341 e. The molecule has 0 saturated carbocycles. The third-order valence-electron chi connectivity index (χ3n) is 6.98. The first kappa shape index (κ1) is 31.1. The average Bonchev–Trinajstić information content (AvgIpc) is 3.74. The number of carbonyl (C=O) groups is 3. The predicted molar refractivity (Wildman–Crippen MR) is 168 cm³/mol. The Labute approximate surface area is 263 Å². The fourth-order valence-corrected chi connectivity index (χ4v) is 6.94. The molecule has 2 heterocycles. The summed E-state index contributed by atoms with van der Waals surface area (Å²) < 4.78 is 17.7. The lowest BCUT2D eigenvalue weighted by Gasteiger charge is -2.12. The molecule has 44 heavy (non-hydrogen) atoms. The molecule has 230 valence electrons. The van der Waals surface area contributed by atoms with Crippen LogP contribution in [0.15, 0.2) is 53.7 Å². The largest absolute Gasteiger partial charge is 0.497 e. The molecule has 5 rings (SSSR count). The SMILES string of the molecule is CCOC(=O)c1c(NC(=O)CSc2nnc(CNC(=O)c3cc(OC)cc(OC)c3)n2Cc2ccccc2)sc2c1CCC2. The lowest BCUT2D eigenvalue weighted by Crippen LogP contribution is -2.25. The highest BCUT2D eigenvalue weighted by molar-refractivity contribution is 7.99. The van der Waals surface area contributed by atoms with Crippen LogP contribution in [-0.4, -0.2) is 59.1 Å². The van der Waals surface area contributed by atoms with Crippen molar-refractivity contribution in [3.8, 4) is 11.5 Å². The molecule has 0 bridgehead atoms. The number of anilines is 1. The van der Waals surface area contributed by atoms with Crippen LogP contribution in [0, 0.1) is 0 Å². The second kappa shape index (κ2) is 14.4. The molecule has 0 unspecified atom stereocenters. The first-order chi connectivity index (χ1) is 21.4. The Morgan fingerprint density at radius 3 is 2.48 bits per heavy atom. The maximum atomic E-state index is 13.1. The van der Waals surface area contributed by atoms with Crippen LogP contribution in [0.1, 0.15) is 55.9 Å². The van der Waals surface area contributed by atoms with E-state index in [0.717, 1.165) is 35.3 Å². The number of ether oxygens (including phenoxy) is 3. The minimum absolute atomic E-state index is 0.0493. The van der Waals surface area contributed by atoms with Crippen molar-refractivity contribution in [2.45, 2.75) is 44.4 Å². The van der Waals surface area contributed by atoms with Crippen molar-refractivity contribution >= 4 is 45.9 Å². The molecule has 0 saturated heterocycles. The van der Waals surface area contributed by atoms with Crippen molar-refractivity contribution in [3.05, 3.63) is 81.5 Å². The van der Waals surface area contributed by atoms with Gasteiger partial charge in [-0.1, -0.05) is 42.1 Å². The molecule has 11 nitrogen and oxygen atoms in total. The zero-order valence-electron chi connectivity index (χ0n) is 24.7. The molecule has 0 spiro atoms. The number of aromatic nitrogens is 3. The molecule has 2 N–H and O–H groups in total. The summed E-state index contributed by atoms with van der Waals surface area (Å²) in [6, 6.07) is 14.7. The number of thioether (sulfide) groups is 1. The summed E-state index contributed by atoms with van der Waals surface area (Å²) in [6.45, 7) is 2.58. The fourth-order valence-electron chi connectivity index (χ4n) is 4.89. The lowest BCUT2D eigenvalue weighted by atomic mass is 10.1. The van der Waals surface area contributed by atoms with Gasteiger partial charge in [0.05, 0.1) is 45.2 Å². The molecule has 0 aliphatic heterocycles. The highest BCUT2D eigenvalue weighted by atomic mass is 32.2. The van der Waals surface area contributed by atoms with Crippen LogP contribution in [-0.2, 0) is 35.5 Å². The number of esters is 1. The standard InChI is InChI=1S/C31H33N5O6S2/c1-4-42-30(39)27-23-11-8-12-24(23)44-29(27)33-26(37)18-43-31-35-34-25(36(31)17-19-9-6-5-7-10-19)16-32-28(38)20-13-21(40-2)15-22(14-20)41-3/h5-7,9-10,13-15H,4,8,11-12,16-18H2,1-3H3,(H,32,38)(H,33,37). The number of rotatable bonds is 13. The van der Waals surface area contributed by atoms with Crippen molar-refractivity contribution in [1.82, 2.24) is 20.1 Å². The molecular weight excluding hydrogens is 603 g/mol. The van der Waals surface area contributed by atoms with Crippen molar-refractivity contribution in [3.63, 3.8) is 0 Å². The quantitative estimate of drug-likeness (QED) is 0.158. The van der Waals surface area contributed by atoms with Crippen LogP contribution in [0.2, 0.25) is 0 Å². The Morgan fingerprint density at radius 2 is 1.77 bits per heavy atom. The monoisotopic (exact) mass is 635 g/mol. The van der Waals surface area contributed by atoms with Crippen LogP contribution >= 0.6 is 23.1 Å². The Morgan fingerprint density at radius 1 is 1.02 bits per heavy atom. The Hall–Kier alpha value is -4.36. The van der Waals surface area contributed by atoms with E-state index in [1.807, 2.05) is 34.9 Å². The van der Waals surface area contributed by atoms with Gasteiger partial charge in [0.15, 0.2) is 11.0 Å². The second-order valence-corrected chi connectivity index (χ2v) is 11.9. The number of methoxy groups -OCH3 is 2. The molecule has 2 aromatic heterocycles. The van der Waals surface area contributed by atoms with E-state index in [9.17, 15) is 14.4 Å². The van der Waals surface area contributed by atoms with Gasteiger partial charge in [0.25, 0.3) is 5.91 Å². The van der Waals surface area contributed by atoms with E-state index >= 15 is 0 Å². The van der Waals surface area contributed by atoms with Crippen LogP contribution in [0.25, 0.3) is 0 Å². The number of nitrogens with one attached hydrogen (secondary N) is 2. The maximum absolute atomic E-state index is 13.1. The lowest BCUT2D eigenvalue weighted by molar-refractivity contribution is -0.113. The zero-order valence-corrected chi connectivity index (χ0v) is 26.3. The van der Waals surface area contributed by atoms with Crippen LogP contribution in [0.4, 0.5) is 5.00 Å². The summed E-state index contributed by atoms with van der Waals surface area (Å²) in [7, 11) is 3.04.